The Morgan fingerprint density at radius 3 is 2.66 bits per heavy atom. The van der Waals surface area contributed by atoms with E-state index >= 15 is 0 Å². The molecule has 0 aliphatic rings. The predicted octanol–water partition coefficient (Wildman–Crippen LogP) is 5.13. The standard InChI is InChI=1S/C23H30N4O2/c1-7-23(6,14-25-21(28)29-22(3,4)5)17-10-8-9-16(13-17)18-11-12-24-20-19(18)15(2)26-27-20/h8-13H,7,14H2,1-6H3,(H,25,28)(H,24,26,27). The van der Waals surface area contributed by atoms with Crippen LogP contribution in [0.25, 0.3) is 22.2 Å². The maximum Gasteiger partial charge on any atom is 0.407 e. The van der Waals surface area contributed by atoms with Crippen LogP contribution in [0.4, 0.5) is 4.79 Å². The smallest absolute Gasteiger partial charge is 0.407 e. The summed E-state index contributed by atoms with van der Waals surface area (Å²) >= 11 is 0. The Kier molecular flexibility index (Phi) is 5.64. The van der Waals surface area contributed by atoms with Gasteiger partial charge in [0.1, 0.15) is 5.60 Å². The average molecular weight is 395 g/mol. The van der Waals surface area contributed by atoms with E-state index in [1.54, 1.807) is 6.20 Å². The number of pyridine rings is 1. The zero-order chi connectivity index (χ0) is 21.2. The third kappa shape index (κ3) is 4.58. The van der Waals surface area contributed by atoms with E-state index in [1.807, 2.05) is 33.8 Å². The van der Waals surface area contributed by atoms with Gasteiger partial charge in [0.25, 0.3) is 0 Å². The monoisotopic (exact) mass is 394 g/mol. The molecule has 0 saturated heterocycles. The van der Waals surface area contributed by atoms with Gasteiger partial charge in [-0.1, -0.05) is 38.1 Å². The van der Waals surface area contributed by atoms with Gasteiger partial charge in [0.05, 0.1) is 0 Å². The molecule has 0 spiro atoms. The highest BCUT2D eigenvalue weighted by Gasteiger charge is 2.27. The van der Waals surface area contributed by atoms with Gasteiger partial charge in [0, 0.05) is 29.2 Å². The molecule has 2 aromatic heterocycles. The lowest BCUT2D eigenvalue weighted by Gasteiger charge is -2.30. The van der Waals surface area contributed by atoms with Crippen LogP contribution in [0.5, 0.6) is 0 Å². The molecule has 0 radical (unpaired) electrons. The summed E-state index contributed by atoms with van der Waals surface area (Å²) in [5.74, 6) is 0. The summed E-state index contributed by atoms with van der Waals surface area (Å²) in [5.41, 5.74) is 4.36. The fourth-order valence-electron chi connectivity index (χ4n) is 3.41. The normalized spacial score (nSPS) is 13.9. The van der Waals surface area contributed by atoms with E-state index in [0.29, 0.717) is 6.54 Å². The number of nitrogens with zero attached hydrogens (tertiary/aromatic N) is 2. The highest BCUT2D eigenvalue weighted by Crippen LogP contribution is 2.33. The number of fused-ring (bicyclic) bond motifs is 1. The molecular weight excluding hydrogens is 364 g/mol. The fraction of sp³-hybridized carbons (Fsp3) is 0.435. The maximum absolute atomic E-state index is 12.1. The van der Waals surface area contributed by atoms with Crippen molar-refractivity contribution < 1.29 is 9.53 Å². The van der Waals surface area contributed by atoms with E-state index in [9.17, 15) is 4.79 Å². The van der Waals surface area contributed by atoms with Crippen molar-refractivity contribution in [2.45, 2.75) is 59.0 Å². The topological polar surface area (TPSA) is 79.9 Å². The van der Waals surface area contributed by atoms with Gasteiger partial charge in [-0.25, -0.2) is 9.78 Å². The van der Waals surface area contributed by atoms with Crippen molar-refractivity contribution in [2.24, 2.45) is 0 Å². The number of ether oxygens (including phenoxy) is 1. The van der Waals surface area contributed by atoms with Gasteiger partial charge in [0.15, 0.2) is 5.65 Å². The summed E-state index contributed by atoms with van der Waals surface area (Å²) in [6, 6.07) is 10.5. The van der Waals surface area contributed by atoms with Gasteiger partial charge < -0.3 is 10.1 Å². The van der Waals surface area contributed by atoms with E-state index < -0.39 is 11.7 Å². The summed E-state index contributed by atoms with van der Waals surface area (Å²) in [7, 11) is 0. The van der Waals surface area contributed by atoms with E-state index in [-0.39, 0.29) is 5.41 Å². The van der Waals surface area contributed by atoms with Gasteiger partial charge in [-0.15, -0.1) is 0 Å². The van der Waals surface area contributed by atoms with Crippen molar-refractivity contribution in [2.75, 3.05) is 6.54 Å². The zero-order valence-electron chi connectivity index (χ0n) is 18.1. The first-order valence-electron chi connectivity index (χ1n) is 10.0. The molecule has 3 aromatic rings. The first-order chi connectivity index (χ1) is 13.6. The first kappa shape index (κ1) is 20.8. The SMILES string of the molecule is CCC(C)(CNC(=O)OC(C)(C)C)c1cccc(-c2ccnc3n[nH]c(C)c23)c1. The molecule has 1 amide bonds. The number of carbonyl (C=O) groups excluding carboxylic acids is 1. The van der Waals surface area contributed by atoms with Crippen molar-refractivity contribution in [1.29, 1.82) is 0 Å². The fourth-order valence-corrected chi connectivity index (χ4v) is 3.41. The maximum atomic E-state index is 12.1. The Morgan fingerprint density at radius 2 is 1.97 bits per heavy atom. The van der Waals surface area contributed by atoms with Crippen molar-refractivity contribution in [3.63, 3.8) is 0 Å². The minimum absolute atomic E-state index is 0.218. The number of aromatic nitrogens is 3. The molecule has 1 unspecified atom stereocenters. The number of benzene rings is 1. The molecule has 0 fully saturated rings. The van der Waals surface area contributed by atoms with Crippen LogP contribution in [0, 0.1) is 6.92 Å². The molecule has 0 aliphatic carbocycles. The molecule has 2 N–H and O–H groups in total. The summed E-state index contributed by atoms with van der Waals surface area (Å²) < 4.78 is 5.39. The van der Waals surface area contributed by atoms with Crippen LogP contribution in [-0.2, 0) is 10.2 Å². The second-order valence-corrected chi connectivity index (χ2v) is 8.76. The number of hydrogen-bond acceptors (Lipinski definition) is 4. The van der Waals surface area contributed by atoms with Gasteiger partial charge >= 0.3 is 6.09 Å². The molecule has 6 heteroatoms. The van der Waals surface area contributed by atoms with Crippen molar-refractivity contribution in [1.82, 2.24) is 20.5 Å². The Bertz CT molecular complexity index is 1020. The van der Waals surface area contributed by atoms with Crippen molar-refractivity contribution >= 4 is 17.1 Å². The first-order valence-corrected chi connectivity index (χ1v) is 10.0. The molecule has 3 rings (SSSR count). The highest BCUT2D eigenvalue weighted by molar-refractivity contribution is 5.94. The molecular formula is C23H30N4O2. The number of aromatic amines is 1. The van der Waals surface area contributed by atoms with E-state index in [2.05, 4.69) is 58.6 Å². The molecule has 2 heterocycles. The number of aryl methyl sites for hydroxylation is 1. The summed E-state index contributed by atoms with van der Waals surface area (Å²) in [6.07, 6.45) is 2.27. The van der Waals surface area contributed by atoms with Gasteiger partial charge in [-0.05, 0) is 56.9 Å². The van der Waals surface area contributed by atoms with Crippen molar-refractivity contribution in [3.8, 4) is 11.1 Å². The lowest BCUT2D eigenvalue weighted by atomic mass is 9.79. The van der Waals surface area contributed by atoms with Crippen LogP contribution in [0.3, 0.4) is 0 Å². The number of nitrogens with one attached hydrogen (secondary N) is 2. The predicted molar refractivity (Wildman–Crippen MR) is 116 cm³/mol. The Hall–Kier alpha value is -2.89. The average Bonchev–Trinajstić information content (AvgIpc) is 3.06. The molecule has 1 aromatic carbocycles. The van der Waals surface area contributed by atoms with Gasteiger partial charge in [0.2, 0.25) is 0 Å². The van der Waals surface area contributed by atoms with Crippen LogP contribution in [0.2, 0.25) is 0 Å². The Labute approximate surface area is 172 Å². The summed E-state index contributed by atoms with van der Waals surface area (Å²) in [6.45, 7) is 12.4. The number of alkyl carbamates (subject to hydrolysis) is 1. The molecule has 154 valence electrons. The van der Waals surface area contributed by atoms with Gasteiger partial charge in [-0.2, -0.15) is 5.10 Å². The second kappa shape index (κ2) is 7.85. The summed E-state index contributed by atoms with van der Waals surface area (Å²) in [4.78, 5) is 16.5. The highest BCUT2D eigenvalue weighted by atomic mass is 16.6. The number of amides is 1. The molecule has 0 aliphatic heterocycles. The van der Waals surface area contributed by atoms with Crippen molar-refractivity contribution in [3.05, 3.63) is 47.8 Å². The largest absolute Gasteiger partial charge is 0.444 e. The number of H-pyrrole nitrogens is 1. The van der Waals surface area contributed by atoms with E-state index in [4.69, 9.17) is 4.74 Å². The van der Waals surface area contributed by atoms with E-state index in [1.165, 1.54) is 5.56 Å². The lowest BCUT2D eigenvalue weighted by Crippen LogP contribution is -2.41. The Morgan fingerprint density at radius 1 is 1.21 bits per heavy atom. The lowest BCUT2D eigenvalue weighted by molar-refractivity contribution is 0.0515. The number of rotatable bonds is 5. The minimum Gasteiger partial charge on any atom is -0.444 e. The van der Waals surface area contributed by atoms with Crippen LogP contribution < -0.4 is 5.32 Å². The van der Waals surface area contributed by atoms with Crippen LogP contribution in [0.1, 0.15) is 52.3 Å². The third-order valence-corrected chi connectivity index (χ3v) is 5.31. The molecule has 29 heavy (non-hydrogen) atoms. The quantitative estimate of drug-likeness (QED) is 0.629. The van der Waals surface area contributed by atoms with Gasteiger partial charge in [-0.3, -0.25) is 5.10 Å². The summed E-state index contributed by atoms with van der Waals surface area (Å²) in [5, 5.41) is 11.3. The van der Waals surface area contributed by atoms with Crippen LogP contribution in [-0.4, -0.2) is 33.4 Å². The molecule has 6 nitrogen and oxygen atoms in total. The van der Waals surface area contributed by atoms with E-state index in [0.717, 1.165) is 34.3 Å². The van der Waals surface area contributed by atoms with Crippen LogP contribution in [0.15, 0.2) is 36.5 Å². The zero-order valence-corrected chi connectivity index (χ0v) is 18.1. The van der Waals surface area contributed by atoms with Crippen LogP contribution >= 0.6 is 0 Å². The minimum atomic E-state index is -0.512. The Balaban J connectivity index is 1.90. The third-order valence-electron chi connectivity index (χ3n) is 5.31. The molecule has 0 saturated carbocycles. The molecule has 0 bridgehead atoms. The number of carbonyl (C=O) groups is 1. The number of hydrogen-bond donors (Lipinski definition) is 2. The second-order valence-electron chi connectivity index (χ2n) is 8.76. The molecule has 1 atom stereocenters.